The molecule has 0 bridgehead atoms. The van der Waals surface area contributed by atoms with E-state index < -0.39 is 0 Å². The van der Waals surface area contributed by atoms with Gasteiger partial charge in [0.15, 0.2) is 5.82 Å². The number of benzene rings is 9. The Labute approximate surface area is 330 Å². The largest absolute Gasteiger partial charge is 0.309 e. The Morgan fingerprint density at radius 3 is 1.72 bits per heavy atom. The molecule has 11 rings (SSSR count). The van der Waals surface area contributed by atoms with Crippen molar-refractivity contribution in [2.45, 2.75) is 0 Å². The average Bonchev–Trinajstić information content (AvgIpc) is 3.62. The van der Waals surface area contributed by atoms with Crippen molar-refractivity contribution in [2.75, 3.05) is 0 Å². The van der Waals surface area contributed by atoms with Crippen LogP contribution in [0.4, 0.5) is 0 Å². The lowest BCUT2D eigenvalue weighted by molar-refractivity contribution is 1.18. The van der Waals surface area contributed by atoms with Gasteiger partial charge in [-0.2, -0.15) is 0 Å². The molecule has 2 aromatic heterocycles. The molecule has 3 heteroatoms. The van der Waals surface area contributed by atoms with Crippen LogP contribution >= 0.6 is 0 Å². The Balaban J connectivity index is 1.02. The molecular weight excluding hydrogens is 691 g/mol. The highest BCUT2D eigenvalue weighted by Gasteiger charge is 2.17. The number of rotatable bonds is 6. The Kier molecular flexibility index (Phi) is 7.82. The molecule has 0 saturated carbocycles. The second-order valence-electron chi connectivity index (χ2n) is 14.6. The molecule has 0 radical (unpaired) electrons. The van der Waals surface area contributed by atoms with Gasteiger partial charge in [-0.05, 0) is 86.3 Å². The number of fused-ring (bicyclic) bond motifs is 5. The lowest BCUT2D eigenvalue weighted by Gasteiger charge is -2.14. The molecule has 57 heavy (non-hydrogen) atoms. The van der Waals surface area contributed by atoms with Crippen LogP contribution in [0.1, 0.15) is 0 Å². The summed E-state index contributed by atoms with van der Waals surface area (Å²) in [5.74, 6) is 0.713. The van der Waals surface area contributed by atoms with Crippen LogP contribution in [0.15, 0.2) is 212 Å². The Bertz CT molecular complexity index is 3230. The van der Waals surface area contributed by atoms with Crippen LogP contribution in [0.25, 0.3) is 105 Å². The maximum absolute atomic E-state index is 5.17. The topological polar surface area (TPSA) is 30.7 Å². The van der Waals surface area contributed by atoms with Crippen molar-refractivity contribution in [2.24, 2.45) is 0 Å². The number of nitrogens with zero attached hydrogens (tertiary/aromatic N) is 3. The van der Waals surface area contributed by atoms with Crippen LogP contribution in [-0.2, 0) is 0 Å². The van der Waals surface area contributed by atoms with Gasteiger partial charge in [0.25, 0.3) is 0 Å². The molecule has 0 saturated heterocycles. The van der Waals surface area contributed by atoms with E-state index in [-0.39, 0.29) is 0 Å². The predicted octanol–water partition coefficient (Wildman–Crippen LogP) is 14.2. The first kappa shape index (κ1) is 32.8. The van der Waals surface area contributed by atoms with Crippen LogP contribution in [0.5, 0.6) is 0 Å². The van der Waals surface area contributed by atoms with Crippen molar-refractivity contribution < 1.29 is 0 Å². The van der Waals surface area contributed by atoms with Gasteiger partial charge in [-0.15, -0.1) is 0 Å². The summed E-state index contributed by atoms with van der Waals surface area (Å²) in [5.41, 5.74) is 13.2. The highest BCUT2D eigenvalue weighted by molar-refractivity contribution is 6.11. The van der Waals surface area contributed by atoms with E-state index in [4.69, 9.17) is 9.97 Å². The van der Waals surface area contributed by atoms with Crippen molar-refractivity contribution in [3.05, 3.63) is 212 Å². The minimum Gasteiger partial charge on any atom is -0.309 e. The lowest BCUT2D eigenvalue weighted by Crippen LogP contribution is -1.96. The summed E-state index contributed by atoms with van der Waals surface area (Å²) in [6.45, 7) is 0. The van der Waals surface area contributed by atoms with Crippen molar-refractivity contribution >= 4 is 43.4 Å². The number of hydrogen-bond donors (Lipinski definition) is 0. The zero-order valence-electron chi connectivity index (χ0n) is 31.0. The van der Waals surface area contributed by atoms with E-state index in [9.17, 15) is 0 Å². The van der Waals surface area contributed by atoms with Gasteiger partial charge in [0.05, 0.1) is 22.4 Å². The monoisotopic (exact) mass is 725 g/mol. The summed E-state index contributed by atoms with van der Waals surface area (Å²) < 4.78 is 2.40. The van der Waals surface area contributed by atoms with E-state index in [2.05, 4.69) is 193 Å². The van der Waals surface area contributed by atoms with Crippen LogP contribution in [0, 0.1) is 0 Å². The number of hydrogen-bond acceptors (Lipinski definition) is 2. The fraction of sp³-hybridized carbons (Fsp3) is 0. The molecule has 2 heterocycles. The summed E-state index contributed by atoms with van der Waals surface area (Å²) in [6, 6.07) is 75.8. The van der Waals surface area contributed by atoms with E-state index >= 15 is 0 Å². The van der Waals surface area contributed by atoms with Gasteiger partial charge in [0, 0.05) is 33.2 Å². The van der Waals surface area contributed by atoms with Gasteiger partial charge in [-0.1, -0.05) is 170 Å². The fourth-order valence-electron chi connectivity index (χ4n) is 8.45. The molecule has 0 aliphatic heterocycles. The normalized spacial score (nSPS) is 11.5. The Hall–Kier alpha value is -7.62. The van der Waals surface area contributed by atoms with Crippen molar-refractivity contribution in [1.29, 1.82) is 0 Å². The molecule has 266 valence electrons. The summed E-state index contributed by atoms with van der Waals surface area (Å²) in [7, 11) is 0. The van der Waals surface area contributed by atoms with Gasteiger partial charge >= 0.3 is 0 Å². The zero-order valence-corrected chi connectivity index (χ0v) is 31.0. The maximum atomic E-state index is 5.17. The Morgan fingerprint density at radius 1 is 0.298 bits per heavy atom. The summed E-state index contributed by atoms with van der Waals surface area (Å²) in [6.07, 6.45) is 0. The fourth-order valence-corrected chi connectivity index (χ4v) is 8.45. The first-order chi connectivity index (χ1) is 28.2. The first-order valence-corrected chi connectivity index (χ1v) is 19.4. The molecule has 0 atom stereocenters. The zero-order chi connectivity index (χ0) is 37.7. The third-order valence-corrected chi connectivity index (χ3v) is 11.2. The van der Waals surface area contributed by atoms with Crippen LogP contribution < -0.4 is 0 Å². The molecule has 0 aliphatic rings. The third-order valence-electron chi connectivity index (χ3n) is 11.2. The third kappa shape index (κ3) is 5.76. The molecule has 0 N–H and O–H groups in total. The number of para-hydroxylation sites is 1. The van der Waals surface area contributed by atoms with Crippen molar-refractivity contribution in [1.82, 2.24) is 14.5 Å². The average molecular weight is 726 g/mol. The lowest BCUT2D eigenvalue weighted by atomic mass is 9.92. The quantitative estimate of drug-likeness (QED) is 0.171. The molecule has 0 fully saturated rings. The van der Waals surface area contributed by atoms with Crippen molar-refractivity contribution in [3.63, 3.8) is 0 Å². The molecule has 11 aromatic rings. The SMILES string of the molecule is c1ccc(-c2cc(-c3ccc(-c4cccc(-c5ccc6c(c5)c5ccccc5n6-c5ccc6ccccc6c5)c4)c4ccccc34)nc(-c3ccccc3)n2)cc1. The minimum atomic E-state index is 0.713. The van der Waals surface area contributed by atoms with Gasteiger partial charge in [-0.3, -0.25) is 0 Å². The van der Waals surface area contributed by atoms with Gasteiger partial charge in [0.1, 0.15) is 0 Å². The van der Waals surface area contributed by atoms with E-state index in [1.54, 1.807) is 0 Å². The highest BCUT2D eigenvalue weighted by Crippen LogP contribution is 2.40. The first-order valence-electron chi connectivity index (χ1n) is 19.4. The number of aromatic nitrogens is 3. The Morgan fingerprint density at radius 2 is 0.895 bits per heavy atom. The molecule has 3 nitrogen and oxygen atoms in total. The van der Waals surface area contributed by atoms with E-state index in [1.807, 2.05) is 24.3 Å². The molecule has 0 aliphatic carbocycles. The smallest absolute Gasteiger partial charge is 0.160 e. The minimum absolute atomic E-state index is 0.713. The van der Waals surface area contributed by atoms with Gasteiger partial charge in [0.2, 0.25) is 0 Å². The summed E-state index contributed by atoms with van der Waals surface area (Å²) in [4.78, 5) is 10.2. The predicted molar refractivity (Wildman–Crippen MR) is 239 cm³/mol. The van der Waals surface area contributed by atoms with Crippen molar-refractivity contribution in [3.8, 4) is 61.8 Å². The van der Waals surface area contributed by atoms with Gasteiger partial charge < -0.3 is 4.57 Å². The van der Waals surface area contributed by atoms with E-state index in [0.29, 0.717) is 5.82 Å². The molecule has 9 aromatic carbocycles. The molecule has 0 spiro atoms. The maximum Gasteiger partial charge on any atom is 0.160 e. The van der Waals surface area contributed by atoms with Crippen LogP contribution in [0.2, 0.25) is 0 Å². The van der Waals surface area contributed by atoms with Crippen LogP contribution in [0.3, 0.4) is 0 Å². The molecule has 0 amide bonds. The highest BCUT2D eigenvalue weighted by atomic mass is 15.0. The standard InChI is InChI=1S/C54H35N3/c1-3-15-37(16-4-1)50-35-51(56-54(55-50)38-17-5-2-6-18-38)47-30-29-44(45-22-9-10-23-46(45)47)42-21-13-20-39(32-42)41-27-31-53-49(34-41)48-24-11-12-25-52(48)57(53)43-28-26-36-14-7-8-19-40(36)33-43/h1-35H. The summed E-state index contributed by atoms with van der Waals surface area (Å²) in [5, 5.41) is 7.31. The van der Waals surface area contributed by atoms with E-state index in [0.717, 1.165) is 33.5 Å². The van der Waals surface area contributed by atoms with E-state index in [1.165, 1.54) is 65.9 Å². The second kappa shape index (κ2) is 13.6. The summed E-state index contributed by atoms with van der Waals surface area (Å²) >= 11 is 0. The molecular formula is C54H35N3. The second-order valence-corrected chi connectivity index (χ2v) is 14.6. The molecule has 0 unspecified atom stereocenters. The van der Waals surface area contributed by atoms with Gasteiger partial charge in [-0.25, -0.2) is 9.97 Å². The van der Waals surface area contributed by atoms with Crippen LogP contribution in [-0.4, -0.2) is 14.5 Å².